The van der Waals surface area contributed by atoms with Crippen molar-refractivity contribution in [3.05, 3.63) is 6.42 Å². The van der Waals surface area contributed by atoms with Crippen LogP contribution < -0.4 is 0 Å². The largest absolute Gasteiger partial charge is 0.444 e. The predicted molar refractivity (Wildman–Crippen MR) is 59.8 cm³/mol. The van der Waals surface area contributed by atoms with Crippen molar-refractivity contribution in [3.8, 4) is 0 Å². The Morgan fingerprint density at radius 1 is 1.44 bits per heavy atom. The van der Waals surface area contributed by atoms with Gasteiger partial charge >= 0.3 is 6.09 Å². The molecule has 0 radical (unpaired) electrons. The van der Waals surface area contributed by atoms with Gasteiger partial charge in [-0.1, -0.05) is 0 Å². The van der Waals surface area contributed by atoms with Crippen LogP contribution in [0.5, 0.6) is 0 Å². The van der Waals surface area contributed by atoms with E-state index in [0.717, 1.165) is 12.8 Å². The van der Waals surface area contributed by atoms with Gasteiger partial charge in [-0.25, -0.2) is 4.79 Å². The second kappa shape index (κ2) is 3.84. The topological polar surface area (TPSA) is 49.8 Å². The van der Waals surface area contributed by atoms with Gasteiger partial charge in [0, 0.05) is 18.9 Å². The molecule has 0 aromatic heterocycles. The fourth-order valence-electron chi connectivity index (χ4n) is 2.55. The van der Waals surface area contributed by atoms with E-state index in [-0.39, 0.29) is 24.3 Å². The molecule has 0 aliphatic carbocycles. The molecular weight excluding hydrogens is 206 g/mol. The molecule has 2 saturated heterocycles. The first-order chi connectivity index (χ1) is 7.37. The summed E-state index contributed by atoms with van der Waals surface area (Å²) in [5, 5.41) is 9.59. The summed E-state index contributed by atoms with van der Waals surface area (Å²) in [5.74, 6) is 0. The van der Waals surface area contributed by atoms with Crippen LogP contribution in [0.3, 0.4) is 0 Å². The van der Waals surface area contributed by atoms with E-state index in [4.69, 9.17) is 4.74 Å². The Morgan fingerprint density at radius 3 is 2.69 bits per heavy atom. The number of nitrogens with zero attached hydrogens (tertiary/aromatic N) is 1. The third kappa shape index (κ3) is 2.26. The lowest BCUT2D eigenvalue weighted by Gasteiger charge is -2.33. The molecule has 0 saturated carbocycles. The molecule has 0 spiro atoms. The van der Waals surface area contributed by atoms with Crippen LogP contribution in [-0.2, 0) is 4.74 Å². The molecule has 0 aromatic rings. The molecule has 1 amide bonds. The molecule has 90 valence electrons. The summed E-state index contributed by atoms with van der Waals surface area (Å²) in [4.78, 5) is 13.8. The molecule has 2 fully saturated rings. The second-order valence-electron chi connectivity index (χ2n) is 5.68. The number of carbonyl (C=O) groups is 1. The maximum absolute atomic E-state index is 12.0. The lowest BCUT2D eigenvalue weighted by Crippen LogP contribution is -2.50. The van der Waals surface area contributed by atoms with Crippen molar-refractivity contribution in [3.63, 3.8) is 0 Å². The summed E-state index contributed by atoms with van der Waals surface area (Å²) < 4.78 is 5.38. The zero-order chi connectivity index (χ0) is 11.9. The number of rotatable bonds is 0. The number of fused-ring (bicyclic) bond motifs is 2. The van der Waals surface area contributed by atoms with E-state index in [2.05, 4.69) is 0 Å². The van der Waals surface area contributed by atoms with Crippen molar-refractivity contribution in [1.29, 1.82) is 0 Å². The highest BCUT2D eigenvalue weighted by atomic mass is 16.6. The van der Waals surface area contributed by atoms with E-state index in [0.29, 0.717) is 6.42 Å². The lowest BCUT2D eigenvalue weighted by molar-refractivity contribution is 0.00262. The Balaban J connectivity index is 2.03. The van der Waals surface area contributed by atoms with Crippen LogP contribution in [0.1, 0.15) is 40.0 Å². The molecule has 3 atom stereocenters. The van der Waals surface area contributed by atoms with Crippen LogP contribution in [0, 0.1) is 6.42 Å². The van der Waals surface area contributed by atoms with Crippen molar-refractivity contribution in [2.45, 2.75) is 63.8 Å². The molecular formula is C12H20NO3+. The first-order valence-electron chi connectivity index (χ1n) is 5.91. The number of carbonyl (C=O) groups excluding carboxylic acids is 1. The molecule has 0 aromatic carbocycles. The van der Waals surface area contributed by atoms with Crippen molar-refractivity contribution in [2.24, 2.45) is 0 Å². The zero-order valence-corrected chi connectivity index (χ0v) is 10.1. The van der Waals surface area contributed by atoms with Gasteiger partial charge in [0.05, 0.1) is 0 Å². The van der Waals surface area contributed by atoms with E-state index in [1.807, 2.05) is 27.2 Å². The van der Waals surface area contributed by atoms with Crippen LogP contribution in [-0.4, -0.2) is 39.9 Å². The minimum atomic E-state index is -0.452. The molecule has 2 heterocycles. The quantitative estimate of drug-likeness (QED) is 0.640. The van der Waals surface area contributed by atoms with Gasteiger partial charge in [0.2, 0.25) is 0 Å². The van der Waals surface area contributed by atoms with Gasteiger partial charge in [0.25, 0.3) is 0 Å². The first kappa shape index (κ1) is 11.6. The minimum Gasteiger partial charge on any atom is -0.444 e. The number of aliphatic hydroxyl groups excluding tert-OH is 1. The average molecular weight is 226 g/mol. The highest BCUT2D eigenvalue weighted by Crippen LogP contribution is 2.36. The van der Waals surface area contributed by atoms with Crippen molar-refractivity contribution < 1.29 is 14.6 Å². The van der Waals surface area contributed by atoms with E-state index in [1.165, 1.54) is 0 Å². The molecule has 2 aliphatic heterocycles. The zero-order valence-electron chi connectivity index (χ0n) is 10.1. The Labute approximate surface area is 96.6 Å². The summed E-state index contributed by atoms with van der Waals surface area (Å²) >= 11 is 0. The fraction of sp³-hybridized carbons (Fsp3) is 0.833. The van der Waals surface area contributed by atoms with Gasteiger partial charge in [0.15, 0.2) is 12.1 Å². The van der Waals surface area contributed by atoms with Gasteiger partial charge in [-0.05, 0) is 27.2 Å². The van der Waals surface area contributed by atoms with Crippen molar-refractivity contribution >= 4 is 6.09 Å². The van der Waals surface area contributed by atoms with Crippen LogP contribution in [0.15, 0.2) is 0 Å². The lowest BCUT2D eigenvalue weighted by atomic mass is 10.0. The highest BCUT2D eigenvalue weighted by molar-refractivity contribution is 5.70. The Hall–Kier alpha value is -0.900. The molecule has 4 nitrogen and oxygen atoms in total. The molecule has 2 aliphatic rings. The average Bonchev–Trinajstić information content (AvgIpc) is 2.36. The summed E-state index contributed by atoms with van der Waals surface area (Å²) in [6.45, 7) is 5.61. The molecule has 4 heteroatoms. The summed E-state index contributed by atoms with van der Waals surface area (Å²) in [6, 6.07) is 0.212. The van der Waals surface area contributed by atoms with E-state index in [1.54, 1.807) is 4.90 Å². The monoisotopic (exact) mass is 226 g/mol. The van der Waals surface area contributed by atoms with Gasteiger partial charge < -0.3 is 9.84 Å². The van der Waals surface area contributed by atoms with Crippen LogP contribution in [0.2, 0.25) is 0 Å². The predicted octanol–water partition coefficient (Wildman–Crippen LogP) is 1.72. The second-order valence-corrected chi connectivity index (χ2v) is 5.68. The smallest absolute Gasteiger partial charge is 0.414 e. The Morgan fingerprint density at radius 2 is 2.12 bits per heavy atom. The van der Waals surface area contributed by atoms with Gasteiger partial charge in [0.1, 0.15) is 12.0 Å². The Kier molecular flexibility index (Phi) is 2.78. The standard InChI is InChI=1S/C12H20NO3/c1-12(2,3)16-11(15)13-8-4-5-9(13)7-10(14)6-8/h6,8-10,14H,4-5,7H2,1-3H3/q+1/t8-,9+,10+/m1/s1. The van der Waals surface area contributed by atoms with Crippen LogP contribution in [0.4, 0.5) is 4.79 Å². The van der Waals surface area contributed by atoms with Gasteiger partial charge in [-0.2, -0.15) is 0 Å². The van der Waals surface area contributed by atoms with Crippen molar-refractivity contribution in [1.82, 2.24) is 4.90 Å². The number of hydrogen-bond acceptors (Lipinski definition) is 3. The molecule has 0 unspecified atom stereocenters. The SMILES string of the molecule is CC(C)(C)OC(=O)N1[C@H]2CC[C@@H]1[CH+][C@H](O)C2. The minimum absolute atomic E-state index is 0.0589. The number of hydrogen-bond donors (Lipinski definition) is 1. The number of amides is 1. The molecule has 2 bridgehead atoms. The third-order valence-corrected chi connectivity index (χ3v) is 3.11. The van der Waals surface area contributed by atoms with Crippen molar-refractivity contribution in [2.75, 3.05) is 0 Å². The number of ether oxygens (including phenoxy) is 1. The third-order valence-electron chi connectivity index (χ3n) is 3.11. The summed E-state index contributed by atoms with van der Waals surface area (Å²) in [7, 11) is 0. The summed E-state index contributed by atoms with van der Waals surface area (Å²) in [5.41, 5.74) is -0.452. The van der Waals surface area contributed by atoms with E-state index >= 15 is 0 Å². The van der Waals surface area contributed by atoms with Gasteiger partial charge in [-0.15, -0.1) is 0 Å². The number of aliphatic hydroxyl groups is 1. The maximum Gasteiger partial charge on any atom is 0.414 e. The van der Waals surface area contributed by atoms with E-state index in [9.17, 15) is 9.90 Å². The fourth-order valence-corrected chi connectivity index (χ4v) is 2.55. The Bertz CT molecular complexity index is 270. The molecule has 1 N–H and O–H groups in total. The highest BCUT2D eigenvalue weighted by Gasteiger charge is 2.50. The first-order valence-corrected chi connectivity index (χ1v) is 5.91. The molecule has 16 heavy (non-hydrogen) atoms. The van der Waals surface area contributed by atoms with E-state index < -0.39 is 5.60 Å². The van der Waals surface area contributed by atoms with Gasteiger partial charge in [-0.3, -0.25) is 4.90 Å². The maximum atomic E-state index is 12.0. The van der Waals surface area contributed by atoms with Crippen LogP contribution >= 0.6 is 0 Å². The normalized spacial score (nSPS) is 33.5. The molecule has 2 rings (SSSR count). The van der Waals surface area contributed by atoms with Crippen LogP contribution in [0.25, 0.3) is 0 Å². The summed E-state index contributed by atoms with van der Waals surface area (Å²) in [6.07, 6.45) is 3.81. The number of piperidine rings is 1.